The SMILES string of the molecule is CN=C(NCCS(=O)(=O)c1ccc(Br)cc1)NC1CCCC(C)C1. The minimum Gasteiger partial charge on any atom is -0.355 e. The lowest BCUT2D eigenvalue weighted by Crippen LogP contribution is -2.46. The van der Waals surface area contributed by atoms with Gasteiger partial charge >= 0.3 is 0 Å². The average Bonchev–Trinajstić information content (AvgIpc) is 2.54. The van der Waals surface area contributed by atoms with Crippen molar-refractivity contribution in [2.24, 2.45) is 10.9 Å². The van der Waals surface area contributed by atoms with E-state index >= 15 is 0 Å². The summed E-state index contributed by atoms with van der Waals surface area (Å²) in [5, 5.41) is 6.53. The normalized spacial score (nSPS) is 22.2. The molecule has 1 aliphatic carbocycles. The van der Waals surface area contributed by atoms with Gasteiger partial charge in [0, 0.05) is 24.1 Å². The van der Waals surface area contributed by atoms with Gasteiger partial charge in [0.15, 0.2) is 15.8 Å². The summed E-state index contributed by atoms with van der Waals surface area (Å²) in [7, 11) is -1.58. The smallest absolute Gasteiger partial charge is 0.191 e. The van der Waals surface area contributed by atoms with Crippen molar-refractivity contribution in [3.63, 3.8) is 0 Å². The van der Waals surface area contributed by atoms with Crippen LogP contribution in [0.15, 0.2) is 38.6 Å². The summed E-state index contributed by atoms with van der Waals surface area (Å²) < 4.78 is 25.5. The second-order valence-electron chi connectivity index (χ2n) is 6.38. The molecule has 0 amide bonds. The highest BCUT2D eigenvalue weighted by molar-refractivity contribution is 9.10. The first kappa shape index (κ1) is 19.2. The summed E-state index contributed by atoms with van der Waals surface area (Å²) in [5.41, 5.74) is 0. The van der Waals surface area contributed by atoms with Crippen LogP contribution in [0.25, 0.3) is 0 Å². The highest BCUT2D eigenvalue weighted by Crippen LogP contribution is 2.23. The molecule has 1 saturated carbocycles. The van der Waals surface area contributed by atoms with Gasteiger partial charge in [-0.3, -0.25) is 4.99 Å². The maximum absolute atomic E-state index is 12.3. The maximum Gasteiger partial charge on any atom is 0.191 e. The van der Waals surface area contributed by atoms with Gasteiger partial charge in [-0.1, -0.05) is 35.7 Å². The van der Waals surface area contributed by atoms with E-state index < -0.39 is 9.84 Å². The molecule has 1 fully saturated rings. The molecule has 0 radical (unpaired) electrons. The van der Waals surface area contributed by atoms with E-state index in [9.17, 15) is 8.42 Å². The number of halogens is 1. The van der Waals surface area contributed by atoms with Crippen LogP contribution in [0, 0.1) is 5.92 Å². The number of guanidine groups is 1. The molecule has 1 aromatic rings. The standard InChI is InChI=1S/C17H26BrN3O2S/c1-13-4-3-5-15(12-13)21-17(19-2)20-10-11-24(22,23)16-8-6-14(18)7-9-16/h6-9,13,15H,3-5,10-12H2,1-2H3,(H2,19,20,21). The van der Waals surface area contributed by atoms with Crippen molar-refractivity contribution in [3.05, 3.63) is 28.7 Å². The van der Waals surface area contributed by atoms with E-state index in [0.717, 1.165) is 23.2 Å². The molecule has 0 heterocycles. The first-order chi connectivity index (χ1) is 11.4. The lowest BCUT2D eigenvalue weighted by atomic mass is 9.87. The Morgan fingerprint density at radius 3 is 2.62 bits per heavy atom. The minimum absolute atomic E-state index is 0.0381. The highest BCUT2D eigenvalue weighted by Gasteiger charge is 2.20. The second kappa shape index (κ2) is 8.85. The fourth-order valence-electron chi connectivity index (χ4n) is 3.02. The summed E-state index contributed by atoms with van der Waals surface area (Å²) >= 11 is 3.31. The van der Waals surface area contributed by atoms with Gasteiger partial charge in [-0.05, 0) is 43.0 Å². The zero-order chi connectivity index (χ0) is 17.6. The fraction of sp³-hybridized carbons (Fsp3) is 0.588. The number of hydrogen-bond donors (Lipinski definition) is 2. The lowest BCUT2D eigenvalue weighted by molar-refractivity contribution is 0.324. The van der Waals surface area contributed by atoms with Crippen LogP contribution in [-0.2, 0) is 9.84 Å². The number of benzene rings is 1. The van der Waals surface area contributed by atoms with E-state index in [1.54, 1.807) is 31.3 Å². The molecule has 2 atom stereocenters. The van der Waals surface area contributed by atoms with Crippen LogP contribution in [-0.4, -0.2) is 39.8 Å². The van der Waals surface area contributed by atoms with Crippen molar-refractivity contribution < 1.29 is 8.42 Å². The van der Waals surface area contributed by atoms with Gasteiger partial charge < -0.3 is 10.6 Å². The highest BCUT2D eigenvalue weighted by atomic mass is 79.9. The summed E-state index contributed by atoms with van der Waals surface area (Å²) in [4.78, 5) is 4.55. The molecule has 0 aliphatic heterocycles. The van der Waals surface area contributed by atoms with Gasteiger partial charge in [-0.15, -0.1) is 0 Å². The fourth-order valence-corrected chi connectivity index (χ4v) is 4.44. The molecule has 1 aliphatic rings. The van der Waals surface area contributed by atoms with Crippen LogP contribution in [0.1, 0.15) is 32.6 Å². The summed E-state index contributed by atoms with van der Waals surface area (Å²) in [6.07, 6.45) is 4.80. The first-order valence-electron chi connectivity index (χ1n) is 8.36. The number of aliphatic imine (C=N–C) groups is 1. The van der Waals surface area contributed by atoms with Crippen molar-refractivity contribution in [2.75, 3.05) is 19.3 Å². The molecule has 0 spiro atoms. The summed E-state index contributed by atoms with van der Waals surface area (Å²) in [6.45, 7) is 2.61. The van der Waals surface area contributed by atoms with Crippen molar-refractivity contribution in [3.8, 4) is 0 Å². The molecule has 134 valence electrons. The van der Waals surface area contributed by atoms with Crippen molar-refractivity contribution >= 4 is 31.7 Å². The molecule has 0 aromatic heterocycles. The topological polar surface area (TPSA) is 70.6 Å². The molecular formula is C17H26BrN3O2S. The molecule has 0 bridgehead atoms. The Labute approximate surface area is 153 Å². The lowest BCUT2D eigenvalue weighted by Gasteiger charge is -2.28. The second-order valence-corrected chi connectivity index (χ2v) is 9.41. The van der Waals surface area contributed by atoms with Gasteiger partial charge in [0.2, 0.25) is 0 Å². The Morgan fingerprint density at radius 2 is 2.00 bits per heavy atom. The molecule has 24 heavy (non-hydrogen) atoms. The van der Waals surface area contributed by atoms with E-state index in [2.05, 4.69) is 38.5 Å². The van der Waals surface area contributed by atoms with Crippen LogP contribution >= 0.6 is 15.9 Å². The van der Waals surface area contributed by atoms with Crippen LogP contribution in [0.4, 0.5) is 0 Å². The number of nitrogens with one attached hydrogen (secondary N) is 2. The summed E-state index contributed by atoms with van der Waals surface area (Å²) in [6, 6.07) is 7.14. The Hall–Kier alpha value is -1.08. The monoisotopic (exact) mass is 415 g/mol. The molecule has 1 aromatic carbocycles. The zero-order valence-corrected chi connectivity index (χ0v) is 16.7. The zero-order valence-electron chi connectivity index (χ0n) is 14.3. The molecule has 5 nitrogen and oxygen atoms in total. The Kier molecular flexibility index (Phi) is 7.10. The number of sulfone groups is 1. The first-order valence-corrected chi connectivity index (χ1v) is 10.8. The Bertz CT molecular complexity index is 659. The minimum atomic E-state index is -3.29. The molecule has 2 rings (SSSR count). The third-order valence-electron chi connectivity index (χ3n) is 4.34. The van der Waals surface area contributed by atoms with Crippen molar-refractivity contribution in [2.45, 2.75) is 43.5 Å². The van der Waals surface area contributed by atoms with Crippen molar-refractivity contribution in [1.29, 1.82) is 0 Å². The van der Waals surface area contributed by atoms with Crippen LogP contribution < -0.4 is 10.6 Å². The summed E-state index contributed by atoms with van der Waals surface area (Å²) in [5.74, 6) is 1.45. The van der Waals surface area contributed by atoms with E-state index in [-0.39, 0.29) is 5.75 Å². The van der Waals surface area contributed by atoms with Crippen molar-refractivity contribution in [1.82, 2.24) is 10.6 Å². The largest absolute Gasteiger partial charge is 0.355 e. The number of hydrogen-bond acceptors (Lipinski definition) is 3. The molecule has 2 N–H and O–H groups in total. The Balaban J connectivity index is 1.84. The number of rotatable bonds is 5. The quantitative estimate of drug-likeness (QED) is 0.572. The predicted octanol–water partition coefficient (Wildman–Crippen LogP) is 2.97. The Morgan fingerprint density at radius 1 is 1.29 bits per heavy atom. The van der Waals surface area contributed by atoms with Crippen LogP contribution in [0.2, 0.25) is 0 Å². The van der Waals surface area contributed by atoms with Gasteiger partial charge in [0.25, 0.3) is 0 Å². The van der Waals surface area contributed by atoms with Gasteiger partial charge in [0.1, 0.15) is 0 Å². The molecule has 2 unspecified atom stereocenters. The predicted molar refractivity (Wildman–Crippen MR) is 102 cm³/mol. The molecule has 7 heteroatoms. The van der Waals surface area contributed by atoms with E-state index in [1.807, 2.05) is 0 Å². The van der Waals surface area contributed by atoms with Gasteiger partial charge in [-0.25, -0.2) is 8.42 Å². The number of nitrogens with zero attached hydrogens (tertiary/aromatic N) is 1. The van der Waals surface area contributed by atoms with E-state index in [0.29, 0.717) is 23.4 Å². The van der Waals surface area contributed by atoms with Gasteiger partial charge in [0.05, 0.1) is 10.6 Å². The van der Waals surface area contributed by atoms with E-state index in [1.165, 1.54) is 12.8 Å². The third-order valence-corrected chi connectivity index (χ3v) is 6.60. The van der Waals surface area contributed by atoms with Crippen LogP contribution in [0.5, 0.6) is 0 Å². The average molecular weight is 416 g/mol. The molecule has 0 saturated heterocycles. The van der Waals surface area contributed by atoms with E-state index in [4.69, 9.17) is 0 Å². The van der Waals surface area contributed by atoms with Gasteiger partial charge in [-0.2, -0.15) is 0 Å². The maximum atomic E-state index is 12.3. The molecular weight excluding hydrogens is 390 g/mol. The van der Waals surface area contributed by atoms with Crippen LogP contribution in [0.3, 0.4) is 0 Å². The third kappa shape index (κ3) is 5.77.